The maximum absolute atomic E-state index is 6.16. The Bertz CT molecular complexity index is 1340. The van der Waals surface area contributed by atoms with Crippen LogP contribution in [0, 0.1) is 0 Å². The summed E-state index contributed by atoms with van der Waals surface area (Å²) in [6.45, 7) is 0.842. The van der Waals surface area contributed by atoms with Crippen molar-refractivity contribution in [3.05, 3.63) is 113 Å². The lowest BCUT2D eigenvalue weighted by molar-refractivity contribution is 0.267. The van der Waals surface area contributed by atoms with Gasteiger partial charge in [-0.2, -0.15) is 4.98 Å². The lowest BCUT2D eigenvalue weighted by Gasteiger charge is -2.14. The van der Waals surface area contributed by atoms with Crippen LogP contribution in [0.1, 0.15) is 11.1 Å². The highest BCUT2D eigenvalue weighted by Gasteiger charge is 2.14. The number of ether oxygens (including phenoxy) is 2. The van der Waals surface area contributed by atoms with Crippen LogP contribution in [0.2, 0.25) is 0 Å². The van der Waals surface area contributed by atoms with Crippen molar-refractivity contribution in [3.63, 3.8) is 0 Å². The third-order valence-electron chi connectivity index (χ3n) is 5.02. The van der Waals surface area contributed by atoms with Gasteiger partial charge in [-0.05, 0) is 45.3 Å². The van der Waals surface area contributed by atoms with Gasteiger partial charge in [0.25, 0.3) is 0 Å². The van der Waals surface area contributed by atoms with Crippen LogP contribution >= 0.6 is 15.9 Å². The molecule has 5 nitrogen and oxygen atoms in total. The van der Waals surface area contributed by atoms with Gasteiger partial charge in [0.1, 0.15) is 24.5 Å². The lowest BCUT2D eigenvalue weighted by atomic mass is 10.2. The molecule has 0 aliphatic carbocycles. The Morgan fingerprint density at radius 2 is 1.47 bits per heavy atom. The van der Waals surface area contributed by atoms with Crippen molar-refractivity contribution in [3.8, 4) is 17.4 Å². The number of nitrogens with zero attached hydrogens (tertiary/aromatic N) is 3. The van der Waals surface area contributed by atoms with Crippen LogP contribution in [0.4, 0.5) is 0 Å². The predicted octanol–water partition coefficient (Wildman–Crippen LogP) is 6.34. The van der Waals surface area contributed by atoms with Crippen LogP contribution in [-0.4, -0.2) is 14.5 Å². The molecule has 0 saturated heterocycles. The van der Waals surface area contributed by atoms with E-state index in [4.69, 9.17) is 9.47 Å². The molecule has 0 N–H and O–H groups in total. The van der Waals surface area contributed by atoms with Crippen LogP contribution in [0.25, 0.3) is 16.7 Å². The molecule has 32 heavy (non-hydrogen) atoms. The molecule has 0 atom stereocenters. The second-order valence-electron chi connectivity index (χ2n) is 7.27. The highest BCUT2D eigenvalue weighted by molar-refractivity contribution is 9.10. The zero-order valence-electron chi connectivity index (χ0n) is 17.2. The van der Waals surface area contributed by atoms with E-state index in [0.717, 1.165) is 32.3 Å². The number of benzene rings is 2. The second-order valence-corrected chi connectivity index (χ2v) is 8.19. The average molecular weight is 486 g/mol. The standard InChI is InChI=1S/C26H20BrN3O2/c27-22-15-21-13-14-30(25(21)28-16-22)23-11-12-24(31-17-19-7-3-1-4-8-19)29-26(23)32-18-20-9-5-2-6-10-20/h1-16H,17-18H2. The van der Waals surface area contributed by atoms with Gasteiger partial charge >= 0.3 is 0 Å². The zero-order chi connectivity index (χ0) is 21.8. The van der Waals surface area contributed by atoms with Gasteiger partial charge in [-0.15, -0.1) is 0 Å². The Labute approximate surface area is 194 Å². The van der Waals surface area contributed by atoms with E-state index in [1.807, 2.05) is 95.7 Å². The number of pyridine rings is 2. The largest absolute Gasteiger partial charge is 0.473 e. The zero-order valence-corrected chi connectivity index (χ0v) is 18.8. The summed E-state index contributed by atoms with van der Waals surface area (Å²) < 4.78 is 15.0. The molecule has 0 saturated carbocycles. The van der Waals surface area contributed by atoms with Crippen molar-refractivity contribution < 1.29 is 9.47 Å². The van der Waals surface area contributed by atoms with Crippen molar-refractivity contribution in [2.45, 2.75) is 13.2 Å². The van der Waals surface area contributed by atoms with Crippen molar-refractivity contribution in [1.82, 2.24) is 14.5 Å². The third kappa shape index (κ3) is 4.50. The first-order valence-electron chi connectivity index (χ1n) is 10.2. The molecule has 0 radical (unpaired) electrons. The van der Waals surface area contributed by atoms with Gasteiger partial charge in [-0.1, -0.05) is 60.7 Å². The van der Waals surface area contributed by atoms with E-state index < -0.39 is 0 Å². The molecule has 0 fully saturated rings. The first kappa shape index (κ1) is 20.3. The van der Waals surface area contributed by atoms with Crippen molar-refractivity contribution in [2.24, 2.45) is 0 Å². The summed E-state index contributed by atoms with van der Waals surface area (Å²) in [7, 11) is 0. The number of hydrogen-bond acceptors (Lipinski definition) is 4. The molecule has 3 aromatic heterocycles. The molecular weight excluding hydrogens is 466 g/mol. The maximum Gasteiger partial charge on any atom is 0.242 e. The first-order valence-corrected chi connectivity index (χ1v) is 11.0. The van der Waals surface area contributed by atoms with Gasteiger partial charge in [0.05, 0.1) is 0 Å². The van der Waals surface area contributed by atoms with Crippen LogP contribution in [-0.2, 0) is 13.2 Å². The summed E-state index contributed by atoms with van der Waals surface area (Å²) >= 11 is 3.48. The molecule has 5 aromatic rings. The fraction of sp³-hybridized carbons (Fsp3) is 0.0769. The topological polar surface area (TPSA) is 49.2 Å². The predicted molar refractivity (Wildman–Crippen MR) is 128 cm³/mol. The molecule has 0 aliphatic rings. The Balaban J connectivity index is 1.48. The van der Waals surface area contributed by atoms with Crippen molar-refractivity contribution in [2.75, 3.05) is 0 Å². The second kappa shape index (κ2) is 9.24. The summed E-state index contributed by atoms with van der Waals surface area (Å²) in [5.41, 5.74) is 3.78. The van der Waals surface area contributed by atoms with Gasteiger partial charge in [-0.25, -0.2) is 4.98 Å². The normalized spacial score (nSPS) is 10.9. The van der Waals surface area contributed by atoms with E-state index in [2.05, 4.69) is 25.9 Å². The molecule has 0 unspecified atom stereocenters. The molecule has 2 aromatic carbocycles. The van der Waals surface area contributed by atoms with E-state index in [-0.39, 0.29) is 0 Å². The maximum atomic E-state index is 6.16. The molecule has 3 heterocycles. The monoisotopic (exact) mass is 485 g/mol. The molecule has 5 rings (SSSR count). The van der Waals surface area contributed by atoms with E-state index in [9.17, 15) is 0 Å². The summed E-state index contributed by atoms with van der Waals surface area (Å²) in [6, 6.07) is 27.9. The summed E-state index contributed by atoms with van der Waals surface area (Å²) in [4.78, 5) is 9.26. The summed E-state index contributed by atoms with van der Waals surface area (Å²) in [6.07, 6.45) is 3.76. The Morgan fingerprint density at radius 3 is 2.19 bits per heavy atom. The van der Waals surface area contributed by atoms with Gasteiger partial charge < -0.3 is 9.47 Å². The Hall–Kier alpha value is -3.64. The highest BCUT2D eigenvalue weighted by atomic mass is 79.9. The highest BCUT2D eigenvalue weighted by Crippen LogP contribution is 2.29. The van der Waals surface area contributed by atoms with E-state index >= 15 is 0 Å². The van der Waals surface area contributed by atoms with Gasteiger partial charge in [-0.3, -0.25) is 4.57 Å². The molecule has 0 bridgehead atoms. The molecular formula is C26H20BrN3O2. The minimum Gasteiger partial charge on any atom is -0.473 e. The Kier molecular flexibility index (Phi) is 5.85. The van der Waals surface area contributed by atoms with Crippen molar-refractivity contribution in [1.29, 1.82) is 0 Å². The fourth-order valence-corrected chi connectivity index (χ4v) is 3.78. The van der Waals surface area contributed by atoms with Crippen LogP contribution in [0.15, 0.2) is 102 Å². The lowest BCUT2D eigenvalue weighted by Crippen LogP contribution is -2.05. The van der Waals surface area contributed by atoms with E-state index in [1.54, 1.807) is 6.20 Å². The quantitative estimate of drug-likeness (QED) is 0.269. The molecule has 0 spiro atoms. The molecule has 6 heteroatoms. The van der Waals surface area contributed by atoms with E-state index in [0.29, 0.717) is 25.0 Å². The number of hydrogen-bond donors (Lipinski definition) is 0. The molecule has 158 valence electrons. The van der Waals surface area contributed by atoms with Crippen LogP contribution in [0.3, 0.4) is 0 Å². The summed E-state index contributed by atoms with van der Waals surface area (Å²) in [5.74, 6) is 0.995. The summed E-state index contributed by atoms with van der Waals surface area (Å²) in [5, 5.41) is 1.03. The SMILES string of the molecule is Brc1cnc2c(ccn2-c2ccc(OCc3ccccc3)nc2OCc2ccccc2)c1. The Morgan fingerprint density at radius 1 is 0.781 bits per heavy atom. The minimum atomic E-state index is 0.404. The smallest absolute Gasteiger partial charge is 0.242 e. The molecule has 0 amide bonds. The first-order chi connectivity index (χ1) is 15.8. The van der Waals surface area contributed by atoms with Gasteiger partial charge in [0, 0.05) is 28.3 Å². The average Bonchev–Trinajstić information content (AvgIpc) is 3.25. The third-order valence-corrected chi connectivity index (χ3v) is 5.45. The number of aromatic nitrogens is 3. The number of fused-ring (bicyclic) bond motifs is 1. The fourth-order valence-electron chi connectivity index (χ4n) is 3.44. The van der Waals surface area contributed by atoms with Gasteiger partial charge in [0.15, 0.2) is 0 Å². The minimum absolute atomic E-state index is 0.404. The van der Waals surface area contributed by atoms with Crippen molar-refractivity contribution >= 4 is 27.0 Å². The number of rotatable bonds is 7. The van der Waals surface area contributed by atoms with Crippen LogP contribution < -0.4 is 9.47 Å². The number of halogens is 1. The van der Waals surface area contributed by atoms with Crippen LogP contribution in [0.5, 0.6) is 11.8 Å². The van der Waals surface area contributed by atoms with E-state index in [1.165, 1.54) is 0 Å². The molecule has 0 aliphatic heterocycles. The van der Waals surface area contributed by atoms with Gasteiger partial charge in [0.2, 0.25) is 11.8 Å².